The molecule has 0 amide bonds. The summed E-state index contributed by atoms with van der Waals surface area (Å²) < 4.78 is 14.7. The maximum atomic E-state index is 12.7. The molecule has 0 aliphatic heterocycles. The summed E-state index contributed by atoms with van der Waals surface area (Å²) in [5.74, 6) is -0.500. The van der Waals surface area contributed by atoms with Gasteiger partial charge in [-0.3, -0.25) is 0 Å². The number of hydrogen-bond acceptors (Lipinski definition) is 2. The van der Waals surface area contributed by atoms with E-state index in [1.54, 1.807) is 4.68 Å². The minimum absolute atomic E-state index is 0.201. The van der Waals surface area contributed by atoms with Crippen molar-refractivity contribution in [1.29, 1.82) is 0 Å². The monoisotopic (exact) mass is 269 g/mol. The van der Waals surface area contributed by atoms with E-state index in [9.17, 15) is 4.39 Å². The van der Waals surface area contributed by atoms with Gasteiger partial charge in [-0.15, -0.1) is 0 Å². The number of aromatic nitrogens is 3. The Balaban J connectivity index is 3.15. The molecular formula is C6H9FIN3. The van der Waals surface area contributed by atoms with Crippen LogP contribution in [0.2, 0.25) is 0 Å². The molecule has 0 fully saturated rings. The topological polar surface area (TPSA) is 30.7 Å². The van der Waals surface area contributed by atoms with Crippen LogP contribution < -0.4 is 0 Å². The van der Waals surface area contributed by atoms with E-state index < -0.39 is 5.95 Å². The highest BCUT2D eigenvalue weighted by molar-refractivity contribution is 14.1. The summed E-state index contributed by atoms with van der Waals surface area (Å²) >= 11 is 1.89. The molecule has 1 aromatic heterocycles. The molecule has 0 saturated carbocycles. The van der Waals surface area contributed by atoms with Crippen LogP contribution in [0.25, 0.3) is 0 Å². The van der Waals surface area contributed by atoms with Crippen LogP contribution in [-0.4, -0.2) is 15.0 Å². The Morgan fingerprint density at radius 1 is 1.45 bits per heavy atom. The van der Waals surface area contributed by atoms with Crippen LogP contribution in [-0.2, 0) is 5.54 Å². The van der Waals surface area contributed by atoms with Gasteiger partial charge in [-0.2, -0.15) is 4.39 Å². The van der Waals surface area contributed by atoms with Crippen molar-refractivity contribution < 1.29 is 4.39 Å². The highest BCUT2D eigenvalue weighted by atomic mass is 127. The van der Waals surface area contributed by atoms with Gasteiger partial charge in [0.25, 0.3) is 5.95 Å². The summed E-state index contributed by atoms with van der Waals surface area (Å²) in [4.78, 5) is 0. The molecule has 0 N–H and O–H groups in total. The van der Waals surface area contributed by atoms with Crippen molar-refractivity contribution in [2.75, 3.05) is 0 Å². The minimum Gasteiger partial charge on any atom is -0.231 e. The molecule has 11 heavy (non-hydrogen) atoms. The third-order valence-corrected chi connectivity index (χ3v) is 2.12. The number of halogens is 2. The average Bonchev–Trinajstić information content (AvgIpc) is 2.11. The van der Waals surface area contributed by atoms with Gasteiger partial charge in [-0.1, -0.05) is 10.3 Å². The van der Waals surface area contributed by atoms with E-state index in [0.717, 1.165) is 0 Å². The van der Waals surface area contributed by atoms with E-state index >= 15 is 0 Å². The summed E-state index contributed by atoms with van der Waals surface area (Å²) in [6.07, 6.45) is 0. The molecule has 5 heteroatoms. The SMILES string of the molecule is CC(C)(C)n1nnc(F)c1I. The predicted molar refractivity (Wildman–Crippen MR) is 47.7 cm³/mol. The molecular weight excluding hydrogens is 260 g/mol. The van der Waals surface area contributed by atoms with Gasteiger partial charge in [-0.05, 0) is 43.4 Å². The lowest BCUT2D eigenvalue weighted by Gasteiger charge is -2.18. The van der Waals surface area contributed by atoms with Crippen molar-refractivity contribution in [3.63, 3.8) is 0 Å². The lowest BCUT2D eigenvalue weighted by molar-refractivity contribution is 0.339. The lowest BCUT2D eigenvalue weighted by Crippen LogP contribution is -2.24. The molecule has 1 rings (SSSR count). The van der Waals surface area contributed by atoms with E-state index in [-0.39, 0.29) is 5.54 Å². The van der Waals surface area contributed by atoms with E-state index in [0.29, 0.717) is 3.70 Å². The predicted octanol–water partition coefficient (Wildman–Crippen LogP) is 1.78. The van der Waals surface area contributed by atoms with Crippen LogP contribution in [0.1, 0.15) is 20.8 Å². The summed E-state index contributed by atoms with van der Waals surface area (Å²) in [6, 6.07) is 0. The smallest absolute Gasteiger partial charge is 0.231 e. The Kier molecular flexibility index (Phi) is 2.17. The van der Waals surface area contributed by atoms with E-state index in [4.69, 9.17) is 0 Å². The first kappa shape index (κ1) is 8.89. The molecule has 0 aliphatic rings. The lowest BCUT2D eigenvalue weighted by atomic mass is 10.1. The Labute approximate surface area is 78.1 Å². The maximum Gasteiger partial charge on any atom is 0.266 e. The Morgan fingerprint density at radius 2 is 2.00 bits per heavy atom. The first-order chi connectivity index (χ1) is 4.93. The fraction of sp³-hybridized carbons (Fsp3) is 0.667. The van der Waals surface area contributed by atoms with E-state index in [1.807, 2.05) is 43.4 Å². The van der Waals surface area contributed by atoms with Gasteiger partial charge in [0.2, 0.25) is 0 Å². The van der Waals surface area contributed by atoms with Crippen molar-refractivity contribution in [3.05, 3.63) is 9.65 Å². The number of hydrogen-bond donors (Lipinski definition) is 0. The summed E-state index contributed by atoms with van der Waals surface area (Å²) in [7, 11) is 0. The van der Waals surface area contributed by atoms with Crippen molar-refractivity contribution in [3.8, 4) is 0 Å². The van der Waals surface area contributed by atoms with Gasteiger partial charge in [0.05, 0.1) is 5.54 Å². The molecule has 0 atom stereocenters. The second-order valence-corrected chi connectivity index (χ2v) is 4.28. The molecule has 1 aromatic rings. The Hall–Kier alpha value is -0.200. The summed E-state index contributed by atoms with van der Waals surface area (Å²) in [5, 5.41) is 6.99. The molecule has 62 valence electrons. The van der Waals surface area contributed by atoms with Crippen LogP contribution in [0.3, 0.4) is 0 Å². The third kappa shape index (κ3) is 1.69. The van der Waals surface area contributed by atoms with Crippen molar-refractivity contribution >= 4 is 22.6 Å². The van der Waals surface area contributed by atoms with Crippen LogP contribution in [0.15, 0.2) is 0 Å². The van der Waals surface area contributed by atoms with Crippen LogP contribution in [0, 0.1) is 9.65 Å². The molecule has 1 heterocycles. The van der Waals surface area contributed by atoms with Gasteiger partial charge in [0, 0.05) is 0 Å². The van der Waals surface area contributed by atoms with Crippen molar-refractivity contribution in [1.82, 2.24) is 15.0 Å². The fourth-order valence-corrected chi connectivity index (χ4v) is 1.61. The van der Waals surface area contributed by atoms with Crippen LogP contribution in [0.5, 0.6) is 0 Å². The van der Waals surface area contributed by atoms with Gasteiger partial charge in [-0.25, -0.2) is 4.68 Å². The van der Waals surface area contributed by atoms with Crippen molar-refractivity contribution in [2.24, 2.45) is 0 Å². The Morgan fingerprint density at radius 3 is 2.18 bits per heavy atom. The molecule has 0 saturated heterocycles. The van der Waals surface area contributed by atoms with Gasteiger partial charge in [0.1, 0.15) is 0 Å². The van der Waals surface area contributed by atoms with Gasteiger partial charge < -0.3 is 0 Å². The van der Waals surface area contributed by atoms with Gasteiger partial charge >= 0.3 is 0 Å². The molecule has 0 bridgehead atoms. The van der Waals surface area contributed by atoms with E-state index in [2.05, 4.69) is 10.3 Å². The minimum atomic E-state index is -0.500. The molecule has 0 unspecified atom stereocenters. The van der Waals surface area contributed by atoms with Crippen molar-refractivity contribution in [2.45, 2.75) is 26.3 Å². The second-order valence-electron chi connectivity index (χ2n) is 3.25. The third-order valence-electron chi connectivity index (χ3n) is 1.21. The molecule has 0 radical (unpaired) electrons. The summed E-state index contributed by atoms with van der Waals surface area (Å²) in [6.45, 7) is 5.84. The standard InChI is InChI=1S/C6H9FIN3/c1-6(2,3)11-5(8)4(7)9-10-11/h1-3H3. The highest BCUT2D eigenvalue weighted by Gasteiger charge is 2.20. The number of rotatable bonds is 0. The highest BCUT2D eigenvalue weighted by Crippen LogP contribution is 2.17. The van der Waals surface area contributed by atoms with E-state index in [1.165, 1.54) is 0 Å². The zero-order chi connectivity index (χ0) is 8.65. The van der Waals surface area contributed by atoms with Crippen LogP contribution >= 0.6 is 22.6 Å². The first-order valence-electron chi connectivity index (χ1n) is 3.20. The zero-order valence-corrected chi connectivity index (χ0v) is 8.76. The molecule has 0 aromatic carbocycles. The molecule has 0 spiro atoms. The fourth-order valence-electron chi connectivity index (χ4n) is 0.681. The van der Waals surface area contributed by atoms with Crippen LogP contribution in [0.4, 0.5) is 4.39 Å². The largest absolute Gasteiger partial charge is 0.266 e. The average molecular weight is 269 g/mol. The van der Waals surface area contributed by atoms with Gasteiger partial charge in [0.15, 0.2) is 3.70 Å². The second kappa shape index (κ2) is 2.69. The normalized spacial score (nSPS) is 12.1. The Bertz CT molecular complexity index is 263. The quantitative estimate of drug-likeness (QED) is 0.672. The zero-order valence-electron chi connectivity index (χ0n) is 6.60. The number of nitrogens with zero attached hydrogens (tertiary/aromatic N) is 3. The molecule has 0 aliphatic carbocycles. The maximum absolute atomic E-state index is 12.7. The molecule has 3 nitrogen and oxygen atoms in total. The summed E-state index contributed by atoms with van der Waals surface area (Å²) in [5.41, 5.74) is -0.201. The first-order valence-corrected chi connectivity index (χ1v) is 4.28.